The van der Waals surface area contributed by atoms with Crippen molar-refractivity contribution in [1.82, 2.24) is 15.2 Å². The average molecular weight is 428 g/mol. The van der Waals surface area contributed by atoms with Gasteiger partial charge in [0.25, 0.3) is 0 Å². The molecule has 0 unspecified atom stereocenters. The molecule has 6 nitrogen and oxygen atoms in total. The van der Waals surface area contributed by atoms with Gasteiger partial charge in [0.1, 0.15) is 24.2 Å². The van der Waals surface area contributed by atoms with Crippen LogP contribution in [0, 0.1) is 0 Å². The van der Waals surface area contributed by atoms with Crippen LogP contribution in [0.15, 0.2) is 42.7 Å². The van der Waals surface area contributed by atoms with Crippen molar-refractivity contribution in [2.24, 2.45) is 0 Å². The number of benzene rings is 1. The number of pyridine rings is 1. The lowest BCUT2D eigenvalue weighted by molar-refractivity contribution is 0.0650. The Morgan fingerprint density at radius 1 is 1.13 bits per heavy atom. The van der Waals surface area contributed by atoms with E-state index < -0.39 is 6.10 Å². The van der Waals surface area contributed by atoms with Crippen molar-refractivity contribution in [3.63, 3.8) is 0 Å². The Balaban J connectivity index is 1.48. The fourth-order valence-corrected chi connectivity index (χ4v) is 3.98. The monoisotopic (exact) mass is 427 g/mol. The van der Waals surface area contributed by atoms with E-state index in [4.69, 9.17) is 9.47 Å². The molecule has 1 aromatic heterocycles. The number of aliphatic hydroxyl groups excluding tert-OH is 1. The third kappa shape index (κ3) is 8.48. The van der Waals surface area contributed by atoms with Gasteiger partial charge in [-0.05, 0) is 56.6 Å². The molecule has 6 heteroatoms. The first kappa shape index (κ1) is 23.5. The summed E-state index contributed by atoms with van der Waals surface area (Å²) in [5.74, 6) is 1.52. The highest BCUT2D eigenvalue weighted by molar-refractivity contribution is 5.40. The fourth-order valence-electron chi connectivity index (χ4n) is 3.98. The summed E-state index contributed by atoms with van der Waals surface area (Å²) < 4.78 is 11.4. The molecular formula is C25H37N3O3. The summed E-state index contributed by atoms with van der Waals surface area (Å²) in [6.07, 6.45) is 10.5. The number of rotatable bonds is 11. The molecule has 1 saturated heterocycles. The second kappa shape index (κ2) is 13.3. The smallest absolute Gasteiger partial charge is 0.127 e. The van der Waals surface area contributed by atoms with Crippen molar-refractivity contribution in [1.29, 1.82) is 0 Å². The summed E-state index contributed by atoms with van der Waals surface area (Å²) in [5, 5.41) is 14.0. The molecule has 0 bridgehead atoms. The Morgan fingerprint density at radius 3 is 2.68 bits per heavy atom. The van der Waals surface area contributed by atoms with Gasteiger partial charge in [-0.3, -0.25) is 4.98 Å². The predicted octanol–water partition coefficient (Wildman–Crippen LogP) is 3.43. The lowest BCUT2D eigenvalue weighted by Crippen LogP contribution is -2.37. The molecule has 3 rings (SSSR count). The molecule has 0 aliphatic carbocycles. The van der Waals surface area contributed by atoms with Gasteiger partial charge < -0.3 is 24.8 Å². The van der Waals surface area contributed by atoms with E-state index in [-0.39, 0.29) is 6.61 Å². The maximum Gasteiger partial charge on any atom is 0.127 e. The molecule has 0 spiro atoms. The van der Waals surface area contributed by atoms with Gasteiger partial charge in [0.2, 0.25) is 0 Å². The molecule has 0 amide bonds. The van der Waals surface area contributed by atoms with Gasteiger partial charge in [0.15, 0.2) is 0 Å². The Labute approximate surface area is 186 Å². The van der Waals surface area contributed by atoms with E-state index >= 15 is 0 Å². The lowest BCUT2D eigenvalue weighted by Gasteiger charge is -2.27. The second-order valence-electron chi connectivity index (χ2n) is 8.29. The zero-order valence-corrected chi connectivity index (χ0v) is 18.8. The number of hydrogen-bond donors (Lipinski definition) is 2. The maximum absolute atomic E-state index is 10.6. The molecule has 1 fully saturated rings. The molecule has 2 N–H and O–H groups in total. The van der Waals surface area contributed by atoms with Crippen LogP contribution in [0.3, 0.4) is 0 Å². The van der Waals surface area contributed by atoms with Crippen LogP contribution in [0.25, 0.3) is 0 Å². The lowest BCUT2D eigenvalue weighted by atomic mass is 10.1. The maximum atomic E-state index is 10.6. The highest BCUT2D eigenvalue weighted by Crippen LogP contribution is 2.25. The zero-order chi connectivity index (χ0) is 21.7. The van der Waals surface area contributed by atoms with Gasteiger partial charge in [0.05, 0.1) is 7.11 Å². The van der Waals surface area contributed by atoms with Gasteiger partial charge >= 0.3 is 0 Å². The summed E-state index contributed by atoms with van der Waals surface area (Å²) in [7, 11) is 1.65. The number of aliphatic hydroxyl groups is 1. The Bertz CT molecular complexity index is 749. The van der Waals surface area contributed by atoms with Crippen LogP contribution in [-0.4, -0.2) is 61.0 Å². The summed E-state index contributed by atoms with van der Waals surface area (Å²) in [5.41, 5.74) is 2.28. The van der Waals surface area contributed by atoms with Crippen LogP contribution in [0.4, 0.5) is 0 Å². The molecule has 0 saturated carbocycles. The zero-order valence-electron chi connectivity index (χ0n) is 18.8. The second-order valence-corrected chi connectivity index (χ2v) is 8.29. The molecule has 1 aliphatic heterocycles. The van der Waals surface area contributed by atoms with Crippen molar-refractivity contribution >= 4 is 0 Å². The SMILES string of the molecule is COc1ccc(CNCCc2cccnc2)c(OC[C@H](O)CN2CCCCCCC2)c1. The number of nitrogens with zero attached hydrogens (tertiary/aromatic N) is 2. The first-order chi connectivity index (χ1) is 15.2. The average Bonchev–Trinajstić information content (AvgIpc) is 2.78. The summed E-state index contributed by atoms with van der Waals surface area (Å²) >= 11 is 0. The molecule has 2 heterocycles. The van der Waals surface area contributed by atoms with E-state index in [0.29, 0.717) is 13.1 Å². The minimum atomic E-state index is -0.503. The van der Waals surface area contributed by atoms with Crippen molar-refractivity contribution in [3.05, 3.63) is 53.9 Å². The molecule has 1 aliphatic rings. The molecule has 0 radical (unpaired) electrons. The topological polar surface area (TPSA) is 66.8 Å². The summed E-state index contributed by atoms with van der Waals surface area (Å²) in [4.78, 5) is 6.53. The van der Waals surface area contributed by atoms with Crippen LogP contribution in [0.2, 0.25) is 0 Å². The van der Waals surface area contributed by atoms with Gasteiger partial charge in [-0.25, -0.2) is 0 Å². The number of methoxy groups -OCH3 is 1. The largest absolute Gasteiger partial charge is 0.497 e. The number of β-amino-alcohol motifs (C(OH)–C–C–N with tert-alkyl or cyclic N) is 1. The molecule has 1 aromatic carbocycles. The fraction of sp³-hybridized carbons (Fsp3) is 0.560. The van der Waals surface area contributed by atoms with Crippen LogP contribution >= 0.6 is 0 Å². The first-order valence-corrected chi connectivity index (χ1v) is 11.5. The third-order valence-corrected chi connectivity index (χ3v) is 5.75. The van der Waals surface area contributed by atoms with Gasteiger partial charge in [-0.2, -0.15) is 0 Å². The predicted molar refractivity (Wildman–Crippen MR) is 124 cm³/mol. The minimum absolute atomic E-state index is 0.284. The molecule has 2 aromatic rings. The van der Waals surface area contributed by atoms with Crippen LogP contribution in [-0.2, 0) is 13.0 Å². The highest BCUT2D eigenvalue weighted by atomic mass is 16.5. The molecule has 170 valence electrons. The van der Waals surface area contributed by atoms with E-state index in [0.717, 1.165) is 43.1 Å². The molecular weight excluding hydrogens is 390 g/mol. The molecule has 1 atom stereocenters. The Kier molecular flexibility index (Phi) is 10.1. The van der Waals surface area contributed by atoms with Gasteiger partial charge in [-0.15, -0.1) is 0 Å². The minimum Gasteiger partial charge on any atom is -0.497 e. The van der Waals surface area contributed by atoms with E-state index in [9.17, 15) is 5.11 Å². The van der Waals surface area contributed by atoms with Gasteiger partial charge in [-0.1, -0.05) is 31.4 Å². The van der Waals surface area contributed by atoms with Crippen LogP contribution in [0.5, 0.6) is 11.5 Å². The van der Waals surface area contributed by atoms with Crippen LogP contribution in [0.1, 0.15) is 43.2 Å². The Morgan fingerprint density at radius 2 is 1.94 bits per heavy atom. The standard InChI is InChI=1S/C25H37N3O3/c1-30-24-10-9-22(18-27-13-11-21-8-7-12-26-17-21)25(16-24)31-20-23(29)19-28-14-5-3-2-4-6-15-28/h7-10,12,16-17,23,27,29H,2-6,11,13-15,18-20H2,1H3/t23-/m1/s1. The van der Waals surface area contributed by atoms with Crippen molar-refractivity contribution in [2.75, 3.05) is 39.9 Å². The van der Waals surface area contributed by atoms with Gasteiger partial charge in [0, 0.05) is 37.1 Å². The Hall–Kier alpha value is -2.15. The van der Waals surface area contributed by atoms with E-state index in [1.807, 2.05) is 30.5 Å². The van der Waals surface area contributed by atoms with Crippen LogP contribution < -0.4 is 14.8 Å². The summed E-state index contributed by atoms with van der Waals surface area (Å²) in [6.45, 7) is 4.65. The number of likely N-dealkylation sites (tertiary alicyclic amines) is 1. The first-order valence-electron chi connectivity index (χ1n) is 11.5. The highest BCUT2D eigenvalue weighted by Gasteiger charge is 2.15. The normalized spacial score (nSPS) is 16.3. The molecule has 31 heavy (non-hydrogen) atoms. The van der Waals surface area contributed by atoms with E-state index in [2.05, 4.69) is 21.3 Å². The quantitative estimate of drug-likeness (QED) is 0.536. The van der Waals surface area contributed by atoms with Crippen molar-refractivity contribution < 1.29 is 14.6 Å². The third-order valence-electron chi connectivity index (χ3n) is 5.75. The van der Waals surface area contributed by atoms with E-state index in [1.54, 1.807) is 13.3 Å². The summed E-state index contributed by atoms with van der Waals surface area (Å²) in [6, 6.07) is 9.92. The number of nitrogens with one attached hydrogen (secondary N) is 1. The number of ether oxygens (including phenoxy) is 2. The van der Waals surface area contributed by atoms with Crippen molar-refractivity contribution in [3.8, 4) is 11.5 Å². The van der Waals surface area contributed by atoms with E-state index in [1.165, 1.54) is 37.7 Å². The number of aromatic nitrogens is 1. The van der Waals surface area contributed by atoms with Crippen molar-refractivity contribution in [2.45, 2.75) is 51.2 Å². The number of hydrogen-bond acceptors (Lipinski definition) is 6.